The van der Waals surface area contributed by atoms with Gasteiger partial charge in [-0.05, 0) is 25.0 Å². The molecule has 0 radical (unpaired) electrons. The molecule has 1 aliphatic heterocycles. The van der Waals surface area contributed by atoms with E-state index in [2.05, 4.69) is 0 Å². The van der Waals surface area contributed by atoms with Gasteiger partial charge in [-0.15, -0.1) is 0 Å². The summed E-state index contributed by atoms with van der Waals surface area (Å²) in [4.78, 5) is 23.8. The molecule has 0 amide bonds. The van der Waals surface area contributed by atoms with Gasteiger partial charge >= 0.3 is 5.97 Å². The van der Waals surface area contributed by atoms with Gasteiger partial charge in [-0.1, -0.05) is 11.6 Å². The number of fused-ring (bicyclic) bond motifs is 1. The van der Waals surface area contributed by atoms with E-state index in [0.29, 0.717) is 25.7 Å². The van der Waals surface area contributed by atoms with E-state index in [1.165, 1.54) is 19.2 Å². The van der Waals surface area contributed by atoms with Crippen LogP contribution in [0.1, 0.15) is 58.9 Å². The maximum Gasteiger partial charge on any atom is 0.338 e. The first-order chi connectivity index (χ1) is 13.0. The van der Waals surface area contributed by atoms with Crippen molar-refractivity contribution in [3.63, 3.8) is 0 Å². The fourth-order valence-electron chi connectivity index (χ4n) is 3.44. The minimum Gasteiger partial charge on any atom is -0.465 e. The number of Topliss-reactive ketones (excluding diaryl/α,β-unsaturated/α-hetero) is 1. The summed E-state index contributed by atoms with van der Waals surface area (Å²) in [7, 11) is -1.58. The topological polar surface area (TPSA) is 71.1 Å². The zero-order valence-corrected chi connectivity index (χ0v) is 14.7. The minimum absolute atomic E-state index is 0.000113. The van der Waals surface area contributed by atoms with Gasteiger partial charge in [0, 0.05) is 37.7 Å². The summed E-state index contributed by atoms with van der Waals surface area (Å²) < 4.78 is 44.4. The van der Waals surface area contributed by atoms with Crippen LogP contribution in [0.5, 0.6) is 5.75 Å². The van der Waals surface area contributed by atoms with Crippen LogP contribution in [-0.2, 0) is 19.0 Å². The maximum absolute atomic E-state index is 12.2. The molecule has 0 saturated heterocycles. The lowest BCUT2D eigenvalue weighted by atomic mass is 9.82. The molecular weight excluding hydrogens is 348 g/mol. The highest BCUT2D eigenvalue weighted by Crippen LogP contribution is 2.47. The average Bonchev–Trinajstić information content (AvgIpc) is 2.58. The van der Waals surface area contributed by atoms with Gasteiger partial charge < -0.3 is 18.9 Å². The third-order valence-electron chi connectivity index (χ3n) is 4.79. The first-order valence-electron chi connectivity index (χ1n) is 9.50. The summed E-state index contributed by atoms with van der Waals surface area (Å²) in [5.74, 6) is -1.78. The van der Waals surface area contributed by atoms with Gasteiger partial charge in [0.15, 0.2) is 6.29 Å². The number of ketones is 1. The lowest BCUT2D eigenvalue weighted by molar-refractivity contribution is -0.307. The van der Waals surface area contributed by atoms with E-state index in [1.54, 1.807) is 6.92 Å². The number of ether oxygens (including phenoxy) is 4. The number of carbonyl (C=O) groups is 2. The van der Waals surface area contributed by atoms with E-state index in [1.807, 2.05) is 0 Å². The molecule has 2 atom stereocenters. The molecule has 7 heteroatoms. The van der Waals surface area contributed by atoms with Crippen LogP contribution in [0.4, 0.5) is 0 Å². The zero-order valence-electron chi connectivity index (χ0n) is 17.0. The Morgan fingerprint density at radius 2 is 2.12 bits per heavy atom. The zero-order chi connectivity index (χ0) is 20.7. The normalized spacial score (nSPS) is 29.0. The molecule has 1 heterocycles. The number of carbonyl (C=O) groups excluding carboxylic acids is 2. The van der Waals surface area contributed by atoms with Gasteiger partial charge in [0.2, 0.25) is 5.79 Å². The molecule has 2 aliphatic rings. The number of rotatable bonds is 3. The Balaban J connectivity index is 2.06. The molecule has 1 aromatic rings. The third-order valence-corrected chi connectivity index (χ3v) is 5.01. The van der Waals surface area contributed by atoms with Crippen LogP contribution < -0.4 is 4.74 Å². The fourth-order valence-corrected chi connectivity index (χ4v) is 3.65. The molecule has 1 fully saturated rings. The molecule has 0 bridgehead atoms. The second-order valence-electron chi connectivity index (χ2n) is 6.36. The van der Waals surface area contributed by atoms with E-state index in [-0.39, 0.29) is 33.6 Å². The lowest BCUT2D eigenvalue weighted by Gasteiger charge is -2.45. The molecule has 3 rings (SSSR count). The van der Waals surface area contributed by atoms with Crippen molar-refractivity contribution in [2.45, 2.75) is 44.7 Å². The summed E-state index contributed by atoms with van der Waals surface area (Å²) in [6, 6.07) is 2.82. The van der Waals surface area contributed by atoms with Crippen LogP contribution in [0.3, 0.4) is 0 Å². The quantitative estimate of drug-likeness (QED) is 0.755. The number of esters is 1. The second kappa shape index (κ2) is 6.94. The van der Waals surface area contributed by atoms with Crippen molar-refractivity contribution in [3.8, 4) is 5.75 Å². The first kappa shape index (κ1) is 14.5. The molecule has 136 valence electrons. The predicted octanol–water partition coefficient (Wildman–Crippen LogP) is 3.66. The molecule has 6 nitrogen and oxygen atoms in total. The number of benzene rings is 1. The molecule has 0 N–H and O–H groups in total. The Bertz CT molecular complexity index is 786. The van der Waals surface area contributed by atoms with Crippen molar-refractivity contribution in [1.82, 2.24) is 0 Å². The standard InChI is InChI=1S/C18H21ClO6/c1-18(10-4-6-12(20)7-5-10)24-14-9-11(19)8-13(16(21)22-2)15(14)17(23-3)25-18/h8-10,17H,4-7H2,1-3H3/i3D3. The van der Waals surface area contributed by atoms with Crippen LogP contribution in [-0.4, -0.2) is 31.7 Å². The number of hydrogen-bond acceptors (Lipinski definition) is 6. The summed E-state index contributed by atoms with van der Waals surface area (Å²) >= 11 is 6.14. The fraction of sp³-hybridized carbons (Fsp3) is 0.556. The summed E-state index contributed by atoms with van der Waals surface area (Å²) in [6.45, 7) is 1.67. The summed E-state index contributed by atoms with van der Waals surface area (Å²) in [5.41, 5.74) is 0.108. The number of halogens is 1. The second-order valence-corrected chi connectivity index (χ2v) is 6.79. The van der Waals surface area contributed by atoms with Crippen molar-refractivity contribution in [1.29, 1.82) is 0 Å². The molecule has 2 unspecified atom stereocenters. The van der Waals surface area contributed by atoms with Crippen molar-refractivity contribution >= 4 is 23.4 Å². The first-order valence-corrected chi connectivity index (χ1v) is 8.38. The SMILES string of the molecule is [2H]C([2H])([2H])OC1OC(C)(C2CCC(=O)CC2)Oc2cc(Cl)cc(C(=O)OC)c21. The van der Waals surface area contributed by atoms with E-state index in [0.717, 1.165) is 0 Å². The van der Waals surface area contributed by atoms with Gasteiger partial charge in [0.1, 0.15) is 11.5 Å². The highest BCUT2D eigenvalue weighted by molar-refractivity contribution is 6.31. The van der Waals surface area contributed by atoms with Crippen LogP contribution in [0, 0.1) is 5.92 Å². The van der Waals surface area contributed by atoms with Crippen LogP contribution in [0.15, 0.2) is 12.1 Å². The molecule has 0 aromatic heterocycles. The van der Waals surface area contributed by atoms with Crippen molar-refractivity contribution in [2.24, 2.45) is 5.92 Å². The molecule has 1 aromatic carbocycles. The van der Waals surface area contributed by atoms with Crippen LogP contribution in [0.25, 0.3) is 0 Å². The van der Waals surface area contributed by atoms with Crippen LogP contribution in [0.2, 0.25) is 5.02 Å². The largest absolute Gasteiger partial charge is 0.465 e. The maximum atomic E-state index is 12.2. The summed E-state index contributed by atoms with van der Waals surface area (Å²) in [5, 5.41) is 0.217. The van der Waals surface area contributed by atoms with E-state index in [9.17, 15) is 9.59 Å². The van der Waals surface area contributed by atoms with Crippen LogP contribution >= 0.6 is 11.6 Å². The molecular formula is C18H21ClO6. The van der Waals surface area contributed by atoms with Gasteiger partial charge in [-0.2, -0.15) is 0 Å². The van der Waals surface area contributed by atoms with E-state index < -0.39 is 25.1 Å². The smallest absolute Gasteiger partial charge is 0.338 e. The molecule has 1 saturated carbocycles. The van der Waals surface area contributed by atoms with E-state index >= 15 is 0 Å². The highest BCUT2D eigenvalue weighted by atomic mass is 35.5. The van der Waals surface area contributed by atoms with Gasteiger partial charge in [-0.3, -0.25) is 4.79 Å². The minimum atomic E-state index is -2.78. The number of methoxy groups -OCH3 is 2. The lowest BCUT2D eigenvalue weighted by Crippen LogP contribution is -2.49. The van der Waals surface area contributed by atoms with Crippen molar-refractivity contribution < 1.29 is 32.6 Å². The van der Waals surface area contributed by atoms with Gasteiger partial charge in [0.25, 0.3) is 0 Å². The predicted molar refractivity (Wildman–Crippen MR) is 89.6 cm³/mol. The Morgan fingerprint density at radius 3 is 2.76 bits per heavy atom. The van der Waals surface area contributed by atoms with Gasteiger partial charge in [-0.25, -0.2) is 4.79 Å². The molecule has 0 spiro atoms. The Hall–Kier alpha value is -1.63. The molecule has 1 aliphatic carbocycles. The Labute approximate surface area is 155 Å². The number of hydrogen-bond donors (Lipinski definition) is 0. The molecule has 25 heavy (non-hydrogen) atoms. The van der Waals surface area contributed by atoms with Gasteiger partial charge in [0.05, 0.1) is 22.3 Å². The summed E-state index contributed by atoms with van der Waals surface area (Å²) in [6.07, 6.45) is 0.469. The Kier molecular flexibility index (Phi) is 4.03. The monoisotopic (exact) mass is 371 g/mol. The Morgan fingerprint density at radius 1 is 1.40 bits per heavy atom. The van der Waals surface area contributed by atoms with E-state index in [4.69, 9.17) is 34.7 Å². The highest BCUT2D eigenvalue weighted by Gasteiger charge is 2.47. The van der Waals surface area contributed by atoms with Crippen molar-refractivity contribution in [2.75, 3.05) is 14.1 Å². The third kappa shape index (κ3) is 3.38. The average molecular weight is 372 g/mol. The van der Waals surface area contributed by atoms with Crippen molar-refractivity contribution in [3.05, 3.63) is 28.3 Å².